The van der Waals surface area contributed by atoms with Crippen molar-refractivity contribution >= 4 is 42.6 Å². The van der Waals surface area contributed by atoms with Gasteiger partial charge < -0.3 is 0 Å². The van der Waals surface area contributed by atoms with Gasteiger partial charge in [0.05, 0.1) is 0 Å². The third-order valence-electron chi connectivity index (χ3n) is 3.84. The second-order valence-corrected chi connectivity index (χ2v) is 7.28. The summed E-state index contributed by atoms with van der Waals surface area (Å²) in [7, 11) is 0. The maximum atomic E-state index is 3.85. The highest BCUT2D eigenvalue weighted by molar-refractivity contribution is 9.10. The molecule has 2 heteroatoms. The lowest BCUT2D eigenvalue weighted by atomic mass is 9.98. The molecule has 0 radical (unpaired) electrons. The van der Waals surface area contributed by atoms with Crippen molar-refractivity contribution in [2.75, 3.05) is 0 Å². The Morgan fingerprint density at radius 2 is 1.71 bits per heavy atom. The molecule has 0 heterocycles. The second kappa shape index (κ2) is 6.33. The van der Waals surface area contributed by atoms with Crippen LogP contribution in [0.1, 0.15) is 21.5 Å². The van der Waals surface area contributed by atoms with Gasteiger partial charge in [-0.25, -0.2) is 0 Å². The molecule has 0 aliphatic heterocycles. The topological polar surface area (TPSA) is 0 Å². The van der Waals surface area contributed by atoms with E-state index in [4.69, 9.17) is 0 Å². The Kier molecular flexibility index (Phi) is 4.46. The smallest absolute Gasteiger partial charge is 0.0436 e. The summed E-state index contributed by atoms with van der Waals surface area (Å²) in [5, 5.41) is 2.65. The molecule has 0 aliphatic rings. The van der Waals surface area contributed by atoms with Crippen molar-refractivity contribution in [3.05, 3.63) is 81.8 Å². The summed E-state index contributed by atoms with van der Waals surface area (Å²) in [6.07, 6.45) is 0.983. The fourth-order valence-corrected chi connectivity index (χ4v) is 3.62. The summed E-state index contributed by atoms with van der Waals surface area (Å²) in [5.74, 6) is 0. The van der Waals surface area contributed by atoms with Crippen molar-refractivity contribution in [3.8, 4) is 0 Å². The first-order valence-corrected chi connectivity index (χ1v) is 8.73. The van der Waals surface area contributed by atoms with E-state index >= 15 is 0 Å². The number of alkyl halides is 1. The average Bonchev–Trinajstić information content (AvgIpc) is 2.50. The monoisotopic (exact) mass is 402 g/mol. The number of hydrogen-bond donors (Lipinski definition) is 0. The van der Waals surface area contributed by atoms with Gasteiger partial charge in [0.2, 0.25) is 0 Å². The minimum Gasteiger partial charge on any atom is -0.0835 e. The molecule has 0 nitrogen and oxygen atoms in total. The third-order valence-corrected chi connectivity index (χ3v) is 5.54. The molecule has 3 aromatic carbocycles. The highest BCUT2D eigenvalue weighted by Crippen LogP contribution is 2.32. The predicted octanol–water partition coefficient (Wildman–Crippen LogP) is 6.59. The molecule has 0 saturated carbocycles. The molecule has 0 amide bonds. The summed E-state index contributed by atoms with van der Waals surface area (Å²) in [6.45, 7) is 2.11. The van der Waals surface area contributed by atoms with Gasteiger partial charge in [-0.05, 0) is 46.9 Å². The Labute approximate surface area is 142 Å². The summed E-state index contributed by atoms with van der Waals surface area (Å²) >= 11 is 7.47. The van der Waals surface area contributed by atoms with E-state index in [0.29, 0.717) is 4.83 Å². The molecule has 1 atom stereocenters. The van der Waals surface area contributed by atoms with Crippen LogP contribution in [0.25, 0.3) is 10.8 Å². The number of hydrogen-bond acceptors (Lipinski definition) is 0. The summed E-state index contributed by atoms with van der Waals surface area (Å²) in [5.41, 5.74) is 3.95. The molecule has 0 N–H and O–H groups in total. The van der Waals surface area contributed by atoms with E-state index < -0.39 is 0 Å². The number of rotatable bonds is 3. The summed E-state index contributed by atoms with van der Waals surface area (Å²) in [4.78, 5) is 0.320. The molecule has 21 heavy (non-hydrogen) atoms. The van der Waals surface area contributed by atoms with Gasteiger partial charge in [0.15, 0.2) is 0 Å². The van der Waals surface area contributed by atoms with Crippen LogP contribution in [-0.2, 0) is 6.42 Å². The van der Waals surface area contributed by atoms with Crippen molar-refractivity contribution in [1.82, 2.24) is 0 Å². The number of halogens is 2. The zero-order valence-corrected chi connectivity index (χ0v) is 15.0. The minimum atomic E-state index is 0.320. The van der Waals surface area contributed by atoms with Gasteiger partial charge in [0.25, 0.3) is 0 Å². The van der Waals surface area contributed by atoms with Crippen LogP contribution in [0.2, 0.25) is 0 Å². The maximum Gasteiger partial charge on any atom is 0.0436 e. The van der Waals surface area contributed by atoms with Crippen LogP contribution in [0.15, 0.2) is 65.1 Å². The quantitative estimate of drug-likeness (QED) is 0.432. The Bertz CT molecular complexity index is 772. The Balaban J connectivity index is 1.92. The number of fused-ring (bicyclic) bond motifs is 1. The van der Waals surface area contributed by atoms with Crippen LogP contribution >= 0.6 is 31.9 Å². The lowest BCUT2D eigenvalue weighted by molar-refractivity contribution is 0.955. The Hall–Kier alpha value is -1.12. The zero-order chi connectivity index (χ0) is 14.8. The van der Waals surface area contributed by atoms with Crippen LogP contribution in [0.5, 0.6) is 0 Å². The third kappa shape index (κ3) is 3.22. The van der Waals surface area contributed by atoms with Crippen molar-refractivity contribution in [3.63, 3.8) is 0 Å². The lowest BCUT2D eigenvalue weighted by Crippen LogP contribution is -1.97. The standard InChI is InChI=1S/C19H16Br2/c1-13-9-10-16(12-18(13)20)19(21)11-15-7-4-6-14-5-2-3-8-17(14)15/h2-10,12,19H,11H2,1H3. The molecule has 3 aromatic rings. The number of aryl methyl sites for hydroxylation is 1. The van der Waals surface area contributed by atoms with E-state index in [0.717, 1.165) is 6.42 Å². The van der Waals surface area contributed by atoms with E-state index in [2.05, 4.69) is 99.4 Å². The van der Waals surface area contributed by atoms with Crippen molar-refractivity contribution < 1.29 is 0 Å². The molecule has 0 spiro atoms. The minimum absolute atomic E-state index is 0.320. The molecule has 106 valence electrons. The first kappa shape index (κ1) is 14.8. The normalized spacial score (nSPS) is 12.5. The largest absolute Gasteiger partial charge is 0.0835 e. The average molecular weight is 404 g/mol. The van der Waals surface area contributed by atoms with Crippen LogP contribution in [0, 0.1) is 6.92 Å². The fourth-order valence-electron chi connectivity index (χ4n) is 2.59. The van der Waals surface area contributed by atoms with Gasteiger partial charge in [0, 0.05) is 9.30 Å². The van der Waals surface area contributed by atoms with Gasteiger partial charge in [-0.2, -0.15) is 0 Å². The van der Waals surface area contributed by atoms with E-state index in [1.807, 2.05) is 0 Å². The molecular weight excluding hydrogens is 388 g/mol. The lowest BCUT2D eigenvalue weighted by Gasteiger charge is -2.13. The fraction of sp³-hybridized carbons (Fsp3) is 0.158. The van der Waals surface area contributed by atoms with Crippen LogP contribution in [0.3, 0.4) is 0 Å². The van der Waals surface area contributed by atoms with Gasteiger partial charge in [-0.3, -0.25) is 0 Å². The predicted molar refractivity (Wildman–Crippen MR) is 98.2 cm³/mol. The Morgan fingerprint density at radius 1 is 0.952 bits per heavy atom. The van der Waals surface area contributed by atoms with E-state index in [9.17, 15) is 0 Å². The van der Waals surface area contributed by atoms with Crippen molar-refractivity contribution in [2.24, 2.45) is 0 Å². The summed E-state index contributed by atoms with van der Waals surface area (Å²) in [6, 6.07) is 21.7. The van der Waals surface area contributed by atoms with Crippen molar-refractivity contribution in [2.45, 2.75) is 18.2 Å². The van der Waals surface area contributed by atoms with Crippen LogP contribution in [0.4, 0.5) is 0 Å². The zero-order valence-electron chi connectivity index (χ0n) is 11.8. The molecule has 0 aromatic heterocycles. The van der Waals surface area contributed by atoms with E-state index in [1.54, 1.807) is 0 Å². The SMILES string of the molecule is Cc1ccc(C(Br)Cc2cccc3ccccc23)cc1Br. The van der Waals surface area contributed by atoms with E-state index in [-0.39, 0.29) is 0 Å². The molecule has 1 unspecified atom stereocenters. The molecule has 0 fully saturated rings. The second-order valence-electron chi connectivity index (χ2n) is 5.32. The van der Waals surface area contributed by atoms with Crippen LogP contribution in [-0.4, -0.2) is 0 Å². The van der Waals surface area contributed by atoms with Crippen LogP contribution < -0.4 is 0 Å². The summed E-state index contributed by atoms with van der Waals surface area (Å²) < 4.78 is 1.17. The van der Waals surface area contributed by atoms with Crippen molar-refractivity contribution in [1.29, 1.82) is 0 Å². The highest BCUT2D eigenvalue weighted by atomic mass is 79.9. The Morgan fingerprint density at radius 3 is 2.52 bits per heavy atom. The maximum absolute atomic E-state index is 3.85. The van der Waals surface area contributed by atoms with Gasteiger partial charge in [-0.15, -0.1) is 0 Å². The molecule has 0 saturated heterocycles. The van der Waals surface area contributed by atoms with Gasteiger partial charge >= 0.3 is 0 Å². The molecular formula is C19H16Br2. The highest BCUT2D eigenvalue weighted by Gasteiger charge is 2.11. The van der Waals surface area contributed by atoms with Gasteiger partial charge in [-0.1, -0.05) is 86.5 Å². The number of benzene rings is 3. The molecule has 0 aliphatic carbocycles. The first-order valence-electron chi connectivity index (χ1n) is 7.02. The van der Waals surface area contributed by atoms with E-state index in [1.165, 1.54) is 31.9 Å². The molecule has 0 bridgehead atoms. The molecule has 3 rings (SSSR count). The first-order chi connectivity index (χ1) is 10.1. The van der Waals surface area contributed by atoms with Gasteiger partial charge in [0.1, 0.15) is 0 Å².